The third kappa shape index (κ3) is 3.74. The maximum atomic E-state index is 12.8. The Hall–Kier alpha value is -2.81. The SMILES string of the molecule is Cc1cc(C)n(Cn2ccc(C(=O)N/N=C/c3ccc(F)s3)n2)n1. The van der Waals surface area contributed by atoms with Gasteiger partial charge in [0.15, 0.2) is 10.8 Å². The van der Waals surface area contributed by atoms with E-state index in [-0.39, 0.29) is 10.8 Å². The molecule has 9 heteroatoms. The van der Waals surface area contributed by atoms with Crippen molar-refractivity contribution in [1.29, 1.82) is 0 Å². The predicted molar refractivity (Wildman–Crippen MR) is 88.7 cm³/mol. The highest BCUT2D eigenvalue weighted by Gasteiger charge is 2.09. The second-order valence-electron chi connectivity index (χ2n) is 5.15. The normalized spacial score (nSPS) is 11.3. The number of nitrogens with one attached hydrogen (secondary N) is 1. The van der Waals surface area contributed by atoms with E-state index in [9.17, 15) is 9.18 Å². The van der Waals surface area contributed by atoms with Gasteiger partial charge in [0.05, 0.1) is 16.8 Å². The topological polar surface area (TPSA) is 77.1 Å². The fourth-order valence-electron chi connectivity index (χ4n) is 2.13. The number of halogens is 1. The number of hydrogen-bond acceptors (Lipinski definition) is 5. The Bertz CT molecular complexity index is 894. The summed E-state index contributed by atoms with van der Waals surface area (Å²) < 4.78 is 16.3. The second-order valence-corrected chi connectivity index (χ2v) is 6.22. The van der Waals surface area contributed by atoms with Crippen LogP contribution < -0.4 is 5.43 Å². The van der Waals surface area contributed by atoms with Crippen molar-refractivity contribution in [1.82, 2.24) is 25.0 Å². The molecule has 0 aliphatic heterocycles. The van der Waals surface area contributed by atoms with Crippen molar-refractivity contribution in [2.24, 2.45) is 5.10 Å². The molecular formula is C15H15FN6OS. The van der Waals surface area contributed by atoms with E-state index < -0.39 is 5.91 Å². The van der Waals surface area contributed by atoms with Gasteiger partial charge in [-0.25, -0.2) is 10.1 Å². The Morgan fingerprint density at radius 2 is 2.21 bits per heavy atom. The van der Waals surface area contributed by atoms with Crippen molar-refractivity contribution in [3.63, 3.8) is 0 Å². The van der Waals surface area contributed by atoms with Crippen LogP contribution in [0, 0.1) is 19.0 Å². The van der Waals surface area contributed by atoms with Crippen molar-refractivity contribution < 1.29 is 9.18 Å². The average molecular weight is 346 g/mol. The molecule has 1 amide bonds. The number of nitrogens with zero attached hydrogens (tertiary/aromatic N) is 5. The van der Waals surface area contributed by atoms with Gasteiger partial charge in [-0.05, 0) is 38.1 Å². The standard InChI is InChI=1S/C15H15FN6OS/c1-10-7-11(2)22(19-10)9-21-6-5-13(20-21)15(23)18-17-8-12-3-4-14(16)24-12/h3-8H,9H2,1-2H3,(H,18,23)/b17-8+. The number of amides is 1. The fourth-order valence-corrected chi connectivity index (χ4v) is 2.73. The summed E-state index contributed by atoms with van der Waals surface area (Å²) in [6.07, 6.45) is 3.09. The molecule has 0 saturated carbocycles. The lowest BCUT2D eigenvalue weighted by atomic mass is 10.4. The molecule has 0 aliphatic rings. The fraction of sp³-hybridized carbons (Fsp3) is 0.200. The van der Waals surface area contributed by atoms with Gasteiger partial charge >= 0.3 is 0 Å². The summed E-state index contributed by atoms with van der Waals surface area (Å²) in [4.78, 5) is 12.6. The number of hydrogen-bond donors (Lipinski definition) is 1. The summed E-state index contributed by atoms with van der Waals surface area (Å²) in [6.45, 7) is 4.30. The van der Waals surface area contributed by atoms with Crippen LogP contribution in [0.25, 0.3) is 0 Å². The molecule has 3 aromatic rings. The number of hydrazone groups is 1. The van der Waals surface area contributed by atoms with Crippen LogP contribution in [-0.2, 0) is 6.67 Å². The molecule has 3 heterocycles. The van der Waals surface area contributed by atoms with Crippen molar-refractivity contribution >= 4 is 23.5 Å². The molecule has 0 fully saturated rings. The maximum Gasteiger partial charge on any atom is 0.291 e. The average Bonchev–Trinajstić information content (AvgIpc) is 3.22. The van der Waals surface area contributed by atoms with Crippen LogP contribution in [0.2, 0.25) is 0 Å². The molecule has 0 atom stereocenters. The van der Waals surface area contributed by atoms with Crippen molar-refractivity contribution in [3.05, 3.63) is 57.6 Å². The van der Waals surface area contributed by atoms with Crippen molar-refractivity contribution in [2.45, 2.75) is 20.5 Å². The Balaban J connectivity index is 1.61. The lowest BCUT2D eigenvalue weighted by Gasteiger charge is -2.04. The zero-order chi connectivity index (χ0) is 17.1. The second kappa shape index (κ2) is 6.75. The highest BCUT2D eigenvalue weighted by Crippen LogP contribution is 2.11. The largest absolute Gasteiger partial charge is 0.291 e. The third-order valence-electron chi connectivity index (χ3n) is 3.21. The summed E-state index contributed by atoms with van der Waals surface area (Å²) in [7, 11) is 0. The van der Waals surface area contributed by atoms with Crippen LogP contribution in [0.1, 0.15) is 26.8 Å². The molecule has 0 spiro atoms. The van der Waals surface area contributed by atoms with Crippen LogP contribution in [0.15, 0.2) is 35.6 Å². The van der Waals surface area contributed by atoms with Gasteiger partial charge in [0.1, 0.15) is 6.67 Å². The van der Waals surface area contributed by atoms with E-state index in [0.29, 0.717) is 11.5 Å². The number of aromatic nitrogens is 4. The summed E-state index contributed by atoms with van der Waals surface area (Å²) in [5.74, 6) is -0.435. The molecule has 0 aliphatic carbocycles. The van der Waals surface area contributed by atoms with Crippen LogP contribution in [0.5, 0.6) is 0 Å². The number of rotatable bonds is 5. The molecule has 24 heavy (non-hydrogen) atoms. The maximum absolute atomic E-state index is 12.8. The van der Waals surface area contributed by atoms with Crippen LogP contribution >= 0.6 is 11.3 Å². The number of carbonyl (C=O) groups is 1. The van der Waals surface area contributed by atoms with Gasteiger partial charge in [0.25, 0.3) is 5.91 Å². The Morgan fingerprint density at radius 1 is 1.38 bits per heavy atom. The van der Waals surface area contributed by atoms with E-state index >= 15 is 0 Å². The van der Waals surface area contributed by atoms with Crippen LogP contribution in [0.3, 0.4) is 0 Å². The van der Waals surface area contributed by atoms with E-state index in [1.54, 1.807) is 27.7 Å². The number of aryl methyl sites for hydroxylation is 2. The molecule has 0 saturated heterocycles. The third-order valence-corrected chi connectivity index (χ3v) is 4.02. The zero-order valence-corrected chi connectivity index (χ0v) is 13.9. The van der Waals surface area contributed by atoms with E-state index in [0.717, 1.165) is 22.7 Å². The molecule has 1 N–H and O–H groups in total. The molecule has 0 unspecified atom stereocenters. The Kier molecular flexibility index (Phi) is 4.52. The van der Waals surface area contributed by atoms with Gasteiger partial charge in [0, 0.05) is 11.9 Å². The monoisotopic (exact) mass is 346 g/mol. The minimum Gasteiger partial charge on any atom is -0.265 e. The number of carbonyl (C=O) groups excluding carboxylic acids is 1. The summed E-state index contributed by atoms with van der Waals surface area (Å²) >= 11 is 0.947. The van der Waals surface area contributed by atoms with Crippen molar-refractivity contribution in [2.75, 3.05) is 0 Å². The first-order chi connectivity index (χ1) is 11.5. The van der Waals surface area contributed by atoms with E-state index in [1.807, 2.05) is 19.9 Å². The predicted octanol–water partition coefficient (Wildman–Crippen LogP) is 2.17. The first-order valence-corrected chi connectivity index (χ1v) is 7.96. The van der Waals surface area contributed by atoms with Gasteiger partial charge in [-0.2, -0.15) is 19.7 Å². The molecule has 0 radical (unpaired) electrons. The molecule has 3 rings (SSSR count). The molecule has 124 valence electrons. The van der Waals surface area contributed by atoms with Crippen LogP contribution in [-0.4, -0.2) is 31.7 Å². The van der Waals surface area contributed by atoms with Gasteiger partial charge in [0.2, 0.25) is 0 Å². The summed E-state index contributed by atoms with van der Waals surface area (Å²) in [6, 6.07) is 6.49. The molecule has 7 nitrogen and oxygen atoms in total. The highest BCUT2D eigenvalue weighted by atomic mass is 32.1. The lowest BCUT2D eigenvalue weighted by Crippen LogP contribution is -2.19. The van der Waals surface area contributed by atoms with E-state index in [1.165, 1.54) is 12.3 Å². The number of thiophene rings is 1. The molecule has 3 aromatic heterocycles. The van der Waals surface area contributed by atoms with E-state index in [2.05, 4.69) is 20.7 Å². The van der Waals surface area contributed by atoms with Crippen LogP contribution in [0.4, 0.5) is 4.39 Å². The summed E-state index contributed by atoms with van der Waals surface area (Å²) in [5, 5.41) is 12.0. The lowest BCUT2D eigenvalue weighted by molar-refractivity contribution is 0.0949. The molecular weight excluding hydrogens is 331 g/mol. The minimum atomic E-state index is -0.435. The summed E-state index contributed by atoms with van der Waals surface area (Å²) in [5.41, 5.74) is 4.55. The highest BCUT2D eigenvalue weighted by molar-refractivity contribution is 7.12. The van der Waals surface area contributed by atoms with Gasteiger partial charge < -0.3 is 0 Å². The van der Waals surface area contributed by atoms with Gasteiger partial charge in [-0.15, -0.1) is 11.3 Å². The van der Waals surface area contributed by atoms with Gasteiger partial charge in [-0.1, -0.05) is 0 Å². The first kappa shape index (κ1) is 16.1. The minimum absolute atomic E-state index is 0.242. The molecule has 0 aromatic carbocycles. The Labute approximate surface area is 141 Å². The Morgan fingerprint density at radius 3 is 2.88 bits per heavy atom. The molecule has 0 bridgehead atoms. The smallest absolute Gasteiger partial charge is 0.265 e. The van der Waals surface area contributed by atoms with Gasteiger partial charge in [-0.3, -0.25) is 9.48 Å². The zero-order valence-electron chi connectivity index (χ0n) is 13.1. The van der Waals surface area contributed by atoms with E-state index in [4.69, 9.17) is 0 Å². The quantitative estimate of drug-likeness (QED) is 0.568. The van der Waals surface area contributed by atoms with Crippen molar-refractivity contribution in [3.8, 4) is 0 Å². The first-order valence-electron chi connectivity index (χ1n) is 7.14.